The Hall–Kier alpha value is -3.18. The van der Waals surface area contributed by atoms with Crippen molar-refractivity contribution in [2.45, 2.75) is 322 Å². The van der Waals surface area contributed by atoms with Gasteiger partial charge in [-0.1, -0.05) is 323 Å². The molecule has 75 heavy (non-hydrogen) atoms. The van der Waals surface area contributed by atoms with Crippen LogP contribution in [-0.2, 0) is 19.1 Å². The lowest BCUT2D eigenvalue weighted by atomic mass is 10.0. The number of ether oxygens (including phenoxy) is 2. The first kappa shape index (κ1) is 71.8. The van der Waals surface area contributed by atoms with E-state index >= 15 is 0 Å². The second-order valence-electron chi connectivity index (χ2n) is 21.5. The molecule has 0 heterocycles. The van der Waals surface area contributed by atoms with Crippen LogP contribution in [-0.4, -0.2) is 36.4 Å². The van der Waals surface area contributed by atoms with Crippen LogP contribution in [0.3, 0.4) is 0 Å². The van der Waals surface area contributed by atoms with E-state index in [1.165, 1.54) is 193 Å². The van der Waals surface area contributed by atoms with E-state index in [4.69, 9.17) is 9.47 Å². The zero-order valence-electron chi connectivity index (χ0n) is 49.5. The van der Waals surface area contributed by atoms with Gasteiger partial charge in [-0.15, -0.1) is 0 Å². The number of rotatable bonds is 59. The minimum atomic E-state index is -0.782. The Bertz CT molecular complexity index is 1410. The highest BCUT2D eigenvalue weighted by Gasteiger charge is 2.16. The Morgan fingerprint density at radius 1 is 0.320 bits per heavy atom. The monoisotopic (exact) mass is 1040 g/mol. The molecular weight excluding hydrogens is 921 g/mol. The van der Waals surface area contributed by atoms with Crippen LogP contribution in [0.2, 0.25) is 0 Å². The van der Waals surface area contributed by atoms with Gasteiger partial charge < -0.3 is 14.6 Å². The van der Waals surface area contributed by atoms with E-state index in [0.29, 0.717) is 12.8 Å². The summed E-state index contributed by atoms with van der Waals surface area (Å²) in [4.78, 5) is 24.6. The molecule has 432 valence electrons. The summed E-state index contributed by atoms with van der Waals surface area (Å²) in [6.45, 7) is 4.06. The van der Waals surface area contributed by atoms with Gasteiger partial charge in [-0.3, -0.25) is 9.59 Å². The predicted octanol–water partition coefficient (Wildman–Crippen LogP) is 22.3. The van der Waals surface area contributed by atoms with Crippen LogP contribution in [0.25, 0.3) is 0 Å². The van der Waals surface area contributed by atoms with Crippen LogP contribution in [0.1, 0.15) is 316 Å². The van der Waals surface area contributed by atoms with E-state index in [1.807, 2.05) is 0 Å². The van der Waals surface area contributed by atoms with Crippen LogP contribution in [0.5, 0.6) is 0 Å². The third-order valence-electron chi connectivity index (χ3n) is 14.1. The van der Waals surface area contributed by atoms with E-state index in [-0.39, 0.29) is 25.2 Å². The lowest BCUT2D eigenvalue weighted by Gasteiger charge is -2.15. The van der Waals surface area contributed by atoms with Crippen molar-refractivity contribution in [3.63, 3.8) is 0 Å². The molecule has 0 aromatic carbocycles. The third-order valence-corrected chi connectivity index (χ3v) is 14.1. The van der Waals surface area contributed by atoms with Gasteiger partial charge in [0.25, 0.3) is 0 Å². The van der Waals surface area contributed by atoms with Crippen molar-refractivity contribution < 1.29 is 24.2 Å². The van der Waals surface area contributed by atoms with Crippen molar-refractivity contribution >= 4 is 11.9 Å². The molecule has 5 nitrogen and oxygen atoms in total. The summed E-state index contributed by atoms with van der Waals surface area (Å²) in [6.07, 6.45) is 92.7. The maximum atomic E-state index is 12.3. The van der Waals surface area contributed by atoms with Gasteiger partial charge >= 0.3 is 11.9 Å². The standard InChI is InChI=1S/C70H122O5/c1-3-5-7-9-11-13-15-17-19-21-23-25-27-29-31-33-34-35-36-37-39-41-43-45-47-49-51-53-55-57-59-61-63-65-70(73)75-68(66-71)67-74-69(72)64-62-60-58-56-54-52-50-48-46-44-42-40-38-32-30-28-26-24-22-20-18-16-14-12-10-8-6-4-2/h5,7,11,13,17,19,23,25,29,31,34-35,37,39,43,45,68,71H,3-4,6,8-10,12,14-16,18,20-22,24,26-28,30,32-33,36,38,40-42,44,46-67H2,1-2H3/b7-5-,13-11-,19-17-,25-23-,31-29-,35-34-,39-37-,45-43-. The molecule has 1 atom stereocenters. The fourth-order valence-corrected chi connectivity index (χ4v) is 9.34. The lowest BCUT2D eigenvalue weighted by Crippen LogP contribution is -2.28. The molecular formula is C70H122O5. The van der Waals surface area contributed by atoms with Gasteiger partial charge in [-0.2, -0.15) is 0 Å². The van der Waals surface area contributed by atoms with E-state index in [9.17, 15) is 14.7 Å². The Kier molecular flexibility index (Phi) is 62.3. The second kappa shape index (κ2) is 65.1. The molecule has 0 aromatic heterocycles. The number of hydrogen-bond donors (Lipinski definition) is 1. The zero-order chi connectivity index (χ0) is 54.1. The van der Waals surface area contributed by atoms with Crippen molar-refractivity contribution in [3.05, 3.63) is 97.2 Å². The molecule has 0 rings (SSSR count). The van der Waals surface area contributed by atoms with Crippen LogP contribution >= 0.6 is 0 Å². The summed E-state index contributed by atoms with van der Waals surface area (Å²) in [7, 11) is 0. The summed E-state index contributed by atoms with van der Waals surface area (Å²) in [5.41, 5.74) is 0. The molecule has 0 amide bonds. The Labute approximate surface area is 466 Å². The van der Waals surface area contributed by atoms with Gasteiger partial charge in [0, 0.05) is 12.8 Å². The van der Waals surface area contributed by atoms with Crippen molar-refractivity contribution in [2.24, 2.45) is 0 Å². The molecule has 0 aromatic rings. The molecule has 1 unspecified atom stereocenters. The van der Waals surface area contributed by atoms with Gasteiger partial charge in [0.15, 0.2) is 6.10 Å². The highest BCUT2D eigenvalue weighted by atomic mass is 16.6. The second-order valence-corrected chi connectivity index (χ2v) is 21.5. The summed E-state index contributed by atoms with van der Waals surface area (Å²) < 4.78 is 10.7. The maximum absolute atomic E-state index is 12.3. The first-order valence-electron chi connectivity index (χ1n) is 32.3. The van der Waals surface area contributed by atoms with Crippen LogP contribution in [0.15, 0.2) is 97.2 Å². The molecule has 0 bridgehead atoms. The number of unbranched alkanes of at least 4 members (excludes halogenated alkanes) is 35. The molecule has 0 aliphatic rings. The number of esters is 2. The van der Waals surface area contributed by atoms with Gasteiger partial charge in [0.05, 0.1) is 6.61 Å². The molecule has 0 saturated heterocycles. The topological polar surface area (TPSA) is 72.8 Å². The van der Waals surface area contributed by atoms with Gasteiger partial charge in [-0.05, 0) is 77.0 Å². The average Bonchev–Trinajstić information content (AvgIpc) is 3.41. The lowest BCUT2D eigenvalue weighted by molar-refractivity contribution is -0.161. The van der Waals surface area contributed by atoms with Crippen molar-refractivity contribution in [1.29, 1.82) is 0 Å². The molecule has 0 saturated carbocycles. The van der Waals surface area contributed by atoms with Crippen LogP contribution < -0.4 is 0 Å². The van der Waals surface area contributed by atoms with Gasteiger partial charge in [0.2, 0.25) is 0 Å². The SMILES string of the molecule is CC/C=C\C/C=C\C/C=C\C/C=C\C/C=C\C/C=C\C/C=C\C/C=C\CCCCCCCCCCC(=O)OC(CO)COC(=O)CCCCCCCCCCCCCCCCCCCCCCCCCCCCCC. The normalized spacial score (nSPS) is 12.8. The molecule has 0 aliphatic carbocycles. The van der Waals surface area contributed by atoms with E-state index in [0.717, 1.165) is 96.3 Å². The summed E-state index contributed by atoms with van der Waals surface area (Å²) >= 11 is 0. The minimum Gasteiger partial charge on any atom is -0.462 e. The molecule has 0 spiro atoms. The van der Waals surface area contributed by atoms with Crippen molar-refractivity contribution in [1.82, 2.24) is 0 Å². The smallest absolute Gasteiger partial charge is 0.306 e. The molecule has 0 radical (unpaired) electrons. The molecule has 0 fully saturated rings. The maximum Gasteiger partial charge on any atom is 0.306 e. The summed E-state index contributed by atoms with van der Waals surface area (Å²) in [5.74, 6) is -0.591. The number of carbonyl (C=O) groups excluding carboxylic acids is 2. The summed E-state index contributed by atoms with van der Waals surface area (Å²) in [5, 5.41) is 9.68. The minimum absolute atomic E-state index is 0.0703. The number of hydrogen-bond acceptors (Lipinski definition) is 5. The van der Waals surface area contributed by atoms with Crippen LogP contribution in [0.4, 0.5) is 0 Å². The van der Waals surface area contributed by atoms with Crippen LogP contribution in [0, 0.1) is 0 Å². The fourth-order valence-electron chi connectivity index (χ4n) is 9.34. The van der Waals surface area contributed by atoms with Crippen molar-refractivity contribution in [3.8, 4) is 0 Å². The largest absolute Gasteiger partial charge is 0.462 e. The molecule has 0 aliphatic heterocycles. The van der Waals surface area contributed by atoms with Gasteiger partial charge in [-0.25, -0.2) is 0 Å². The Morgan fingerprint density at radius 3 is 0.867 bits per heavy atom. The van der Waals surface area contributed by atoms with E-state index in [1.54, 1.807) is 0 Å². The average molecular weight is 1040 g/mol. The fraction of sp³-hybridized carbons (Fsp3) is 0.743. The van der Waals surface area contributed by atoms with E-state index < -0.39 is 6.10 Å². The predicted molar refractivity (Wildman–Crippen MR) is 329 cm³/mol. The highest BCUT2D eigenvalue weighted by molar-refractivity contribution is 5.70. The quantitative estimate of drug-likeness (QED) is 0.0373. The zero-order valence-corrected chi connectivity index (χ0v) is 49.5. The third kappa shape index (κ3) is 63.3. The van der Waals surface area contributed by atoms with Gasteiger partial charge in [0.1, 0.15) is 6.61 Å². The molecule has 5 heteroatoms. The first-order valence-corrected chi connectivity index (χ1v) is 32.3. The molecule has 1 N–H and O–H groups in total. The Morgan fingerprint density at radius 2 is 0.573 bits per heavy atom. The number of aliphatic hydroxyl groups is 1. The highest BCUT2D eigenvalue weighted by Crippen LogP contribution is 2.17. The summed E-state index contributed by atoms with van der Waals surface area (Å²) in [6, 6.07) is 0. The first-order chi connectivity index (χ1) is 37.1. The van der Waals surface area contributed by atoms with Crippen molar-refractivity contribution in [2.75, 3.05) is 13.2 Å². The number of aliphatic hydroxyl groups excluding tert-OH is 1. The van der Waals surface area contributed by atoms with E-state index in [2.05, 4.69) is 111 Å². The number of carbonyl (C=O) groups is 2. The number of allylic oxidation sites excluding steroid dienone is 16. The Balaban J connectivity index is 3.51.